The molecule has 0 atom stereocenters. The van der Waals surface area contributed by atoms with Gasteiger partial charge in [-0.05, 0) is 65.2 Å². The number of aromatic nitrogens is 4. The Kier molecular flexibility index (Phi) is 6.20. The smallest absolute Gasteiger partial charge is 0.234 e. The summed E-state index contributed by atoms with van der Waals surface area (Å²) < 4.78 is 1.61. The molecule has 1 heterocycles. The fraction of sp³-hybridized carbons (Fsp3) is 0.250. The van der Waals surface area contributed by atoms with Gasteiger partial charge in [0.1, 0.15) is 0 Å². The normalized spacial score (nSPS) is 10.9. The molecule has 28 heavy (non-hydrogen) atoms. The molecule has 1 N–H and O–H groups in total. The van der Waals surface area contributed by atoms with Gasteiger partial charge in [-0.25, -0.2) is 0 Å². The molecule has 3 aromatic rings. The highest BCUT2D eigenvalue weighted by Gasteiger charge is 2.12. The van der Waals surface area contributed by atoms with Crippen LogP contribution in [0.5, 0.6) is 0 Å². The van der Waals surface area contributed by atoms with Crippen LogP contribution in [0.15, 0.2) is 53.7 Å². The highest BCUT2D eigenvalue weighted by Crippen LogP contribution is 2.21. The number of thioether (sulfide) groups is 1. The Hall–Kier alpha value is -3.00. The molecular weight excluding hydrogens is 374 g/mol. The van der Waals surface area contributed by atoms with E-state index < -0.39 is 0 Å². The molecule has 3 rings (SSSR count). The third kappa shape index (κ3) is 4.83. The summed E-state index contributed by atoms with van der Waals surface area (Å²) in [5.74, 6) is 0.427. The highest BCUT2D eigenvalue weighted by molar-refractivity contribution is 7.99. The fourth-order valence-corrected chi connectivity index (χ4v) is 3.24. The SMILES string of the molecule is CC(=O)c1ccc(NC(=O)CSc2nnnn2-c2ccc(C(C)C)cc2)cc1. The van der Waals surface area contributed by atoms with Gasteiger partial charge in [0.25, 0.3) is 0 Å². The topological polar surface area (TPSA) is 89.8 Å². The van der Waals surface area contributed by atoms with Crippen molar-refractivity contribution in [3.05, 3.63) is 59.7 Å². The largest absolute Gasteiger partial charge is 0.325 e. The lowest BCUT2D eigenvalue weighted by Gasteiger charge is -2.08. The standard InChI is InChI=1S/C20H21N5O2S/c1-13(2)15-6-10-18(11-7-15)25-20(22-23-24-25)28-12-19(27)21-17-8-4-16(5-9-17)14(3)26/h4-11,13H,12H2,1-3H3,(H,21,27). The summed E-state index contributed by atoms with van der Waals surface area (Å²) in [6.45, 7) is 5.78. The Morgan fingerprint density at radius 2 is 1.75 bits per heavy atom. The number of carbonyl (C=O) groups excluding carboxylic acids is 2. The third-order valence-corrected chi connectivity index (χ3v) is 5.07. The number of nitrogens with zero attached hydrogens (tertiary/aromatic N) is 4. The van der Waals surface area contributed by atoms with Gasteiger partial charge < -0.3 is 5.32 Å². The molecule has 0 spiro atoms. The van der Waals surface area contributed by atoms with E-state index in [2.05, 4.69) is 34.7 Å². The van der Waals surface area contributed by atoms with Crippen molar-refractivity contribution in [2.75, 3.05) is 11.1 Å². The molecule has 0 saturated heterocycles. The maximum absolute atomic E-state index is 12.2. The number of Topliss-reactive ketones (excluding diaryl/α,β-unsaturated/α-hetero) is 1. The van der Waals surface area contributed by atoms with E-state index in [0.717, 1.165) is 5.69 Å². The molecule has 1 aromatic heterocycles. The van der Waals surface area contributed by atoms with E-state index in [1.165, 1.54) is 24.2 Å². The van der Waals surface area contributed by atoms with Crippen LogP contribution in [0.1, 0.15) is 42.6 Å². The predicted octanol–water partition coefficient (Wildman–Crippen LogP) is 3.72. The molecule has 7 nitrogen and oxygen atoms in total. The van der Waals surface area contributed by atoms with Crippen LogP contribution >= 0.6 is 11.8 Å². The Morgan fingerprint density at radius 3 is 2.36 bits per heavy atom. The lowest BCUT2D eigenvalue weighted by Crippen LogP contribution is -2.14. The summed E-state index contributed by atoms with van der Waals surface area (Å²) in [4.78, 5) is 23.5. The average Bonchev–Trinajstić information content (AvgIpc) is 3.15. The van der Waals surface area contributed by atoms with Crippen LogP contribution in [0.3, 0.4) is 0 Å². The van der Waals surface area contributed by atoms with Crippen LogP contribution in [0, 0.1) is 0 Å². The minimum atomic E-state index is -0.176. The molecular formula is C20H21N5O2S. The first kappa shape index (κ1) is 19.8. The van der Waals surface area contributed by atoms with Gasteiger partial charge in [0.2, 0.25) is 11.1 Å². The van der Waals surface area contributed by atoms with Crippen LogP contribution in [0.2, 0.25) is 0 Å². The molecule has 2 aromatic carbocycles. The van der Waals surface area contributed by atoms with Gasteiger partial charge in [0.15, 0.2) is 5.78 Å². The minimum absolute atomic E-state index is 0.0123. The summed E-state index contributed by atoms with van der Waals surface area (Å²) >= 11 is 1.26. The number of carbonyl (C=O) groups is 2. The van der Waals surface area contributed by atoms with E-state index >= 15 is 0 Å². The second kappa shape index (κ2) is 8.79. The lowest BCUT2D eigenvalue weighted by molar-refractivity contribution is -0.113. The average molecular weight is 395 g/mol. The molecule has 0 saturated carbocycles. The second-order valence-corrected chi connectivity index (χ2v) is 7.53. The van der Waals surface area contributed by atoms with Crippen molar-refractivity contribution in [2.24, 2.45) is 0 Å². The Bertz CT molecular complexity index is 965. The van der Waals surface area contributed by atoms with Crippen molar-refractivity contribution < 1.29 is 9.59 Å². The zero-order chi connectivity index (χ0) is 20.1. The molecule has 0 bridgehead atoms. The van der Waals surface area contributed by atoms with Crippen molar-refractivity contribution in [2.45, 2.75) is 31.8 Å². The number of benzene rings is 2. The number of nitrogens with one attached hydrogen (secondary N) is 1. The number of amides is 1. The number of rotatable bonds is 7. The molecule has 0 fully saturated rings. The third-order valence-electron chi connectivity index (χ3n) is 4.15. The van der Waals surface area contributed by atoms with E-state index in [4.69, 9.17) is 0 Å². The van der Waals surface area contributed by atoms with Gasteiger partial charge >= 0.3 is 0 Å². The molecule has 0 aliphatic carbocycles. The van der Waals surface area contributed by atoms with Crippen LogP contribution < -0.4 is 5.32 Å². The second-order valence-electron chi connectivity index (χ2n) is 6.59. The first-order valence-electron chi connectivity index (χ1n) is 8.86. The van der Waals surface area contributed by atoms with E-state index in [-0.39, 0.29) is 17.4 Å². The quantitative estimate of drug-likeness (QED) is 0.484. The summed E-state index contributed by atoms with van der Waals surface area (Å²) in [7, 11) is 0. The number of ketones is 1. The first-order valence-corrected chi connectivity index (χ1v) is 9.85. The minimum Gasteiger partial charge on any atom is -0.325 e. The molecule has 0 aliphatic heterocycles. The maximum Gasteiger partial charge on any atom is 0.234 e. The Balaban J connectivity index is 1.61. The van der Waals surface area contributed by atoms with Gasteiger partial charge in [0, 0.05) is 11.3 Å². The van der Waals surface area contributed by atoms with Crippen LogP contribution in [-0.4, -0.2) is 37.7 Å². The van der Waals surface area contributed by atoms with E-state index in [1.807, 2.05) is 24.3 Å². The molecule has 0 aliphatic rings. The van der Waals surface area contributed by atoms with Gasteiger partial charge in [-0.1, -0.05) is 37.7 Å². The van der Waals surface area contributed by atoms with Crippen LogP contribution in [0.25, 0.3) is 5.69 Å². The lowest BCUT2D eigenvalue weighted by atomic mass is 10.0. The number of hydrogen-bond acceptors (Lipinski definition) is 6. The molecule has 0 unspecified atom stereocenters. The number of anilines is 1. The molecule has 1 amide bonds. The Labute approximate surface area is 167 Å². The highest BCUT2D eigenvalue weighted by atomic mass is 32.2. The summed E-state index contributed by atoms with van der Waals surface area (Å²) in [5, 5.41) is 15.1. The zero-order valence-electron chi connectivity index (χ0n) is 15.9. The van der Waals surface area contributed by atoms with Crippen molar-refractivity contribution in [1.82, 2.24) is 20.2 Å². The maximum atomic E-state index is 12.2. The van der Waals surface area contributed by atoms with Crippen LogP contribution in [0.4, 0.5) is 5.69 Å². The van der Waals surface area contributed by atoms with Crippen molar-refractivity contribution in [3.63, 3.8) is 0 Å². The molecule has 144 valence electrons. The fourth-order valence-electron chi connectivity index (χ4n) is 2.55. The van der Waals surface area contributed by atoms with Crippen molar-refractivity contribution in [1.29, 1.82) is 0 Å². The molecule has 0 radical (unpaired) electrons. The van der Waals surface area contributed by atoms with Gasteiger partial charge in [0.05, 0.1) is 11.4 Å². The van der Waals surface area contributed by atoms with Crippen molar-refractivity contribution in [3.8, 4) is 5.69 Å². The summed E-state index contributed by atoms with van der Waals surface area (Å²) in [6.07, 6.45) is 0. The monoisotopic (exact) mass is 395 g/mol. The summed E-state index contributed by atoms with van der Waals surface area (Å²) in [5.41, 5.74) is 3.33. The van der Waals surface area contributed by atoms with Gasteiger partial charge in [-0.15, -0.1) is 5.10 Å². The molecule has 8 heteroatoms. The van der Waals surface area contributed by atoms with E-state index in [9.17, 15) is 9.59 Å². The van der Waals surface area contributed by atoms with Crippen molar-refractivity contribution >= 4 is 29.1 Å². The number of tetrazole rings is 1. The Morgan fingerprint density at radius 1 is 1.07 bits per heavy atom. The first-order chi connectivity index (χ1) is 13.4. The number of hydrogen-bond donors (Lipinski definition) is 1. The van der Waals surface area contributed by atoms with E-state index in [1.54, 1.807) is 28.9 Å². The predicted molar refractivity (Wildman–Crippen MR) is 109 cm³/mol. The zero-order valence-corrected chi connectivity index (χ0v) is 16.7. The summed E-state index contributed by atoms with van der Waals surface area (Å²) in [6, 6.07) is 14.8. The van der Waals surface area contributed by atoms with Crippen LogP contribution in [-0.2, 0) is 4.79 Å². The van der Waals surface area contributed by atoms with E-state index in [0.29, 0.717) is 22.3 Å². The van der Waals surface area contributed by atoms with Gasteiger partial charge in [-0.2, -0.15) is 4.68 Å². The van der Waals surface area contributed by atoms with Gasteiger partial charge in [-0.3, -0.25) is 9.59 Å².